The molecule has 136 valence electrons. The van der Waals surface area contributed by atoms with Crippen LogP contribution in [-0.4, -0.2) is 9.64 Å². The molecule has 0 saturated carbocycles. The lowest BCUT2D eigenvalue weighted by Crippen LogP contribution is -2.58. The maximum Gasteiger partial charge on any atom is 0.328 e. The van der Waals surface area contributed by atoms with Crippen molar-refractivity contribution in [3.63, 3.8) is 0 Å². The highest BCUT2D eigenvalue weighted by atomic mass is 35.7. The Morgan fingerprint density at radius 3 is 1.85 bits per heavy atom. The van der Waals surface area contributed by atoms with Gasteiger partial charge in [0.05, 0.1) is 21.1 Å². The number of hydrogen-bond acceptors (Lipinski definition) is 5. The quantitative estimate of drug-likeness (QED) is 0.491. The molecule has 0 fully saturated rings. The lowest BCUT2D eigenvalue weighted by molar-refractivity contribution is -1.92. The summed E-state index contributed by atoms with van der Waals surface area (Å²) in [5.74, 6) is 0. The lowest BCUT2D eigenvalue weighted by atomic mass is 10.1. The van der Waals surface area contributed by atoms with Gasteiger partial charge in [0.1, 0.15) is 5.69 Å². The number of aromatic nitrogens is 2. The Balaban J connectivity index is 0.000000376. The van der Waals surface area contributed by atoms with E-state index in [0.29, 0.717) is 0 Å². The van der Waals surface area contributed by atoms with Gasteiger partial charge in [-0.2, -0.15) is 18.4 Å². The Morgan fingerprint density at radius 2 is 1.26 bits per heavy atom. The van der Waals surface area contributed by atoms with Gasteiger partial charge in [-0.3, -0.25) is 0 Å². The summed E-state index contributed by atoms with van der Waals surface area (Å²) < 4.78 is 34.8. The lowest BCUT2D eigenvalue weighted by Gasteiger charge is -2.04. The molecule has 0 aliphatic heterocycles. The first-order valence-electron chi connectivity index (χ1n) is 7.97. The molecule has 2 aromatic carbocycles. The number of pyridine rings is 1. The Hall–Kier alpha value is -2.87. The standard InChI is InChI=1S/C20H15N2.ClHO4/c1-3-9-16(10-4-1)18-15-19(17-11-5-2-6-12-17)22-14-8-7-13-20(22)21-18;2-1(3,4)5/h1-15H;(H,2,3,4,5)/q+1;. The molecule has 6 nitrogen and oxygen atoms in total. The molecular weight excluding hydrogens is 368 g/mol. The van der Waals surface area contributed by atoms with Crippen LogP contribution in [-0.2, 0) is 0 Å². The minimum Gasteiger partial charge on any atom is -0.196 e. The van der Waals surface area contributed by atoms with Crippen molar-refractivity contribution in [2.45, 2.75) is 0 Å². The second-order valence-electron chi connectivity index (χ2n) is 5.58. The first kappa shape index (κ1) is 18.9. The molecule has 4 aromatic rings. The van der Waals surface area contributed by atoms with Crippen molar-refractivity contribution >= 4 is 5.65 Å². The van der Waals surface area contributed by atoms with Crippen molar-refractivity contribution in [3.05, 3.63) is 91.1 Å². The molecule has 0 saturated heterocycles. The third-order valence-corrected chi connectivity index (χ3v) is 3.75. The number of hydrogen-bond donors (Lipinski definition) is 1. The zero-order valence-corrected chi connectivity index (χ0v) is 14.9. The average molecular weight is 384 g/mol. The van der Waals surface area contributed by atoms with Gasteiger partial charge in [-0.1, -0.05) is 66.7 Å². The fourth-order valence-corrected chi connectivity index (χ4v) is 2.67. The van der Waals surface area contributed by atoms with E-state index in [0.717, 1.165) is 22.6 Å². The van der Waals surface area contributed by atoms with Gasteiger partial charge in [0.15, 0.2) is 5.69 Å². The molecule has 0 amide bonds. The number of fused-ring (bicyclic) bond motifs is 1. The third kappa shape index (κ3) is 5.30. The van der Waals surface area contributed by atoms with E-state index in [2.05, 4.69) is 53.1 Å². The number of halogens is 1. The highest BCUT2D eigenvalue weighted by Gasteiger charge is 2.16. The fourth-order valence-electron chi connectivity index (χ4n) is 2.67. The van der Waals surface area contributed by atoms with Crippen LogP contribution in [0.25, 0.3) is 28.2 Å². The SMILES string of the molecule is [O-][Cl+3]([O-])([O-])O.c1ccc(-c2cc(-c3ccccc3)[n+]3ccccc3n2)cc1. The summed E-state index contributed by atoms with van der Waals surface area (Å²) in [6.07, 6.45) is 2.06. The summed E-state index contributed by atoms with van der Waals surface area (Å²) in [5, 5.41) is 0. The van der Waals surface area contributed by atoms with Crippen LogP contribution in [0.5, 0.6) is 0 Å². The first-order chi connectivity index (χ1) is 12.9. The maximum atomic E-state index is 8.60. The monoisotopic (exact) mass is 383 g/mol. The fraction of sp³-hybridized carbons (Fsp3) is 0. The highest BCUT2D eigenvalue weighted by Crippen LogP contribution is 2.22. The summed E-state index contributed by atoms with van der Waals surface area (Å²) in [6, 6.07) is 29.0. The molecule has 0 bridgehead atoms. The zero-order chi connectivity index (χ0) is 19.3. The van der Waals surface area contributed by atoms with Crippen LogP contribution in [0.15, 0.2) is 91.1 Å². The van der Waals surface area contributed by atoms with Crippen LogP contribution < -0.4 is 18.4 Å². The molecule has 0 atom stereocenters. The smallest absolute Gasteiger partial charge is 0.196 e. The molecule has 0 aliphatic rings. The van der Waals surface area contributed by atoms with Gasteiger partial charge >= 0.3 is 5.65 Å². The van der Waals surface area contributed by atoms with Gasteiger partial charge < -0.3 is 0 Å². The van der Waals surface area contributed by atoms with Crippen molar-refractivity contribution in [3.8, 4) is 22.5 Å². The van der Waals surface area contributed by atoms with Gasteiger partial charge in [0, 0.05) is 23.3 Å². The predicted molar refractivity (Wildman–Crippen MR) is 90.5 cm³/mol. The van der Waals surface area contributed by atoms with E-state index in [9.17, 15) is 0 Å². The van der Waals surface area contributed by atoms with Gasteiger partial charge in [-0.15, -0.1) is 0 Å². The molecule has 1 N–H and O–H groups in total. The van der Waals surface area contributed by atoms with Crippen molar-refractivity contribution in [2.24, 2.45) is 0 Å². The predicted octanol–water partition coefficient (Wildman–Crippen LogP) is 0.0303. The van der Waals surface area contributed by atoms with E-state index >= 15 is 0 Å². The normalized spacial score (nSPS) is 11.0. The van der Waals surface area contributed by atoms with E-state index in [-0.39, 0.29) is 0 Å². The van der Waals surface area contributed by atoms with Crippen LogP contribution in [0.3, 0.4) is 0 Å². The van der Waals surface area contributed by atoms with E-state index < -0.39 is 10.2 Å². The number of nitrogens with zero attached hydrogens (tertiary/aromatic N) is 2. The maximum absolute atomic E-state index is 8.60. The van der Waals surface area contributed by atoms with Crippen molar-refractivity contribution in [2.75, 3.05) is 0 Å². The topological polar surface area (TPSA) is 106 Å². The van der Waals surface area contributed by atoms with Crippen LogP contribution in [0.4, 0.5) is 0 Å². The zero-order valence-electron chi connectivity index (χ0n) is 14.1. The first-order valence-corrected chi connectivity index (χ1v) is 9.24. The van der Waals surface area contributed by atoms with Gasteiger partial charge in [-0.25, -0.2) is 0 Å². The second kappa shape index (κ2) is 8.22. The molecule has 2 heterocycles. The summed E-state index contributed by atoms with van der Waals surface area (Å²) in [7, 11) is -4.69. The van der Waals surface area contributed by atoms with Crippen molar-refractivity contribution < 1.29 is 33.3 Å². The van der Waals surface area contributed by atoms with Gasteiger partial charge in [0.2, 0.25) is 0 Å². The molecule has 0 radical (unpaired) electrons. The average Bonchev–Trinajstić information content (AvgIpc) is 2.67. The minimum absolute atomic E-state index is 0.947. The summed E-state index contributed by atoms with van der Waals surface area (Å²) in [5.41, 5.74) is 5.40. The summed E-state index contributed by atoms with van der Waals surface area (Å²) in [6.45, 7) is 0. The molecular formula is C20H16ClN2O4+. The highest BCUT2D eigenvalue weighted by molar-refractivity contribution is 5.67. The van der Waals surface area contributed by atoms with E-state index in [4.69, 9.17) is 23.6 Å². The molecule has 2 aromatic heterocycles. The number of rotatable bonds is 2. The molecule has 7 heteroatoms. The van der Waals surface area contributed by atoms with Crippen LogP contribution in [0.2, 0.25) is 0 Å². The molecule has 0 spiro atoms. The van der Waals surface area contributed by atoms with Gasteiger partial charge in [-0.05, 0) is 11.1 Å². The van der Waals surface area contributed by atoms with Crippen LogP contribution in [0, 0.1) is 10.2 Å². The molecule has 0 aliphatic carbocycles. The third-order valence-electron chi connectivity index (χ3n) is 3.75. The Labute approximate surface area is 158 Å². The van der Waals surface area contributed by atoms with E-state index in [1.165, 1.54) is 5.56 Å². The van der Waals surface area contributed by atoms with Gasteiger partial charge in [0.25, 0.3) is 0 Å². The second-order valence-corrected chi connectivity index (χ2v) is 6.38. The van der Waals surface area contributed by atoms with Crippen molar-refractivity contribution in [1.82, 2.24) is 4.98 Å². The van der Waals surface area contributed by atoms with Crippen LogP contribution >= 0.6 is 0 Å². The van der Waals surface area contributed by atoms with Crippen LogP contribution in [0.1, 0.15) is 0 Å². The molecule has 4 rings (SSSR count). The molecule has 27 heavy (non-hydrogen) atoms. The Bertz CT molecular complexity index is 1020. The number of benzene rings is 2. The largest absolute Gasteiger partial charge is 0.328 e. The minimum atomic E-state index is -4.69. The summed E-state index contributed by atoms with van der Waals surface area (Å²) in [4.78, 5) is 4.79. The summed E-state index contributed by atoms with van der Waals surface area (Å²) >= 11 is 0. The van der Waals surface area contributed by atoms with Crippen molar-refractivity contribution in [1.29, 1.82) is 0 Å². The van der Waals surface area contributed by atoms with E-state index in [1.54, 1.807) is 0 Å². The Kier molecular flexibility index (Phi) is 5.75. The Morgan fingerprint density at radius 1 is 0.741 bits per heavy atom. The molecule has 0 unspecified atom stereocenters. The van der Waals surface area contributed by atoms with E-state index in [1.807, 2.05) is 42.5 Å².